The average Bonchev–Trinajstić information content (AvgIpc) is 3.16. The highest BCUT2D eigenvalue weighted by Gasteiger charge is 2.27. The summed E-state index contributed by atoms with van der Waals surface area (Å²) in [6.07, 6.45) is 5.09. The third-order valence-electron chi connectivity index (χ3n) is 4.38. The number of aliphatic hydroxyl groups excluding tert-OH is 1. The zero-order valence-electron chi connectivity index (χ0n) is 13.0. The number of rotatable bonds is 2. The Kier molecular flexibility index (Phi) is 4.03. The highest BCUT2D eigenvalue weighted by atomic mass is 32.1. The van der Waals surface area contributed by atoms with Gasteiger partial charge >= 0.3 is 0 Å². The van der Waals surface area contributed by atoms with Crippen LogP contribution in [0.3, 0.4) is 0 Å². The SMILES string of the molecule is O=C1NC(=N[C@H]2CCCC[C@H]2O)N/C1=C\c1ccc2ncsc2c1. The third kappa shape index (κ3) is 3.05. The van der Waals surface area contributed by atoms with Crippen LogP contribution in [0.4, 0.5) is 0 Å². The van der Waals surface area contributed by atoms with Gasteiger partial charge in [0.15, 0.2) is 0 Å². The largest absolute Gasteiger partial charge is 0.391 e. The van der Waals surface area contributed by atoms with Crippen LogP contribution >= 0.6 is 11.3 Å². The molecule has 6 nitrogen and oxygen atoms in total. The average molecular weight is 342 g/mol. The van der Waals surface area contributed by atoms with Crippen LogP contribution in [0.5, 0.6) is 0 Å². The van der Waals surface area contributed by atoms with E-state index < -0.39 is 6.10 Å². The number of fused-ring (bicyclic) bond motifs is 1. The van der Waals surface area contributed by atoms with E-state index in [0.29, 0.717) is 11.7 Å². The first kappa shape index (κ1) is 15.3. The highest BCUT2D eigenvalue weighted by molar-refractivity contribution is 7.16. The molecule has 2 aromatic rings. The Balaban J connectivity index is 1.54. The molecule has 0 radical (unpaired) electrons. The molecule has 1 saturated carbocycles. The Morgan fingerprint density at radius 1 is 1.29 bits per heavy atom. The molecule has 1 aromatic heterocycles. The van der Waals surface area contributed by atoms with E-state index >= 15 is 0 Å². The lowest BCUT2D eigenvalue weighted by atomic mass is 9.93. The van der Waals surface area contributed by atoms with Gasteiger partial charge < -0.3 is 10.4 Å². The summed E-state index contributed by atoms with van der Waals surface area (Å²) in [5, 5.41) is 15.8. The van der Waals surface area contributed by atoms with E-state index in [1.807, 2.05) is 23.7 Å². The van der Waals surface area contributed by atoms with Crippen molar-refractivity contribution in [3.05, 3.63) is 35.0 Å². The van der Waals surface area contributed by atoms with E-state index in [9.17, 15) is 9.90 Å². The molecule has 24 heavy (non-hydrogen) atoms. The smallest absolute Gasteiger partial charge is 0.274 e. The van der Waals surface area contributed by atoms with Gasteiger partial charge in [-0.15, -0.1) is 11.3 Å². The number of aliphatic hydroxyl groups is 1. The molecule has 2 aliphatic rings. The summed E-state index contributed by atoms with van der Waals surface area (Å²) in [4.78, 5) is 20.9. The Labute approximate surface area is 143 Å². The summed E-state index contributed by atoms with van der Waals surface area (Å²) in [5.41, 5.74) is 4.16. The van der Waals surface area contributed by atoms with Gasteiger partial charge in [-0.25, -0.2) is 9.98 Å². The zero-order valence-corrected chi connectivity index (χ0v) is 13.8. The van der Waals surface area contributed by atoms with Crippen LogP contribution in [0.25, 0.3) is 16.3 Å². The fourth-order valence-corrected chi connectivity index (χ4v) is 3.82. The number of benzene rings is 1. The monoisotopic (exact) mass is 342 g/mol. The minimum absolute atomic E-state index is 0.144. The number of thiazole rings is 1. The van der Waals surface area contributed by atoms with E-state index in [2.05, 4.69) is 20.6 Å². The van der Waals surface area contributed by atoms with Crippen molar-refractivity contribution in [3.8, 4) is 0 Å². The quantitative estimate of drug-likeness (QED) is 0.729. The Bertz CT molecular complexity index is 842. The summed E-state index contributed by atoms with van der Waals surface area (Å²) in [6.45, 7) is 0. The number of aromatic nitrogens is 1. The van der Waals surface area contributed by atoms with E-state index in [1.165, 1.54) is 0 Å². The van der Waals surface area contributed by atoms with Gasteiger partial charge in [-0.3, -0.25) is 10.1 Å². The molecule has 1 saturated heterocycles. The summed E-state index contributed by atoms with van der Waals surface area (Å²) >= 11 is 1.57. The molecule has 2 fully saturated rings. The van der Waals surface area contributed by atoms with Crippen LogP contribution < -0.4 is 10.6 Å². The van der Waals surface area contributed by atoms with Gasteiger partial charge in [0, 0.05) is 0 Å². The maximum absolute atomic E-state index is 12.1. The molecule has 2 atom stereocenters. The Morgan fingerprint density at radius 3 is 3.04 bits per heavy atom. The number of hydrogen-bond donors (Lipinski definition) is 3. The number of amides is 1. The van der Waals surface area contributed by atoms with Gasteiger partial charge in [0.1, 0.15) is 5.70 Å². The van der Waals surface area contributed by atoms with Gasteiger partial charge in [-0.2, -0.15) is 0 Å². The second-order valence-corrected chi connectivity index (χ2v) is 7.00. The number of aliphatic imine (C=N–C) groups is 1. The van der Waals surface area contributed by atoms with Crippen molar-refractivity contribution in [2.45, 2.75) is 37.8 Å². The molecular formula is C17H18N4O2S. The third-order valence-corrected chi connectivity index (χ3v) is 5.18. The zero-order chi connectivity index (χ0) is 16.5. The van der Waals surface area contributed by atoms with Gasteiger partial charge in [-0.05, 0) is 36.6 Å². The first-order chi connectivity index (χ1) is 11.7. The molecule has 0 bridgehead atoms. The fourth-order valence-electron chi connectivity index (χ4n) is 3.09. The van der Waals surface area contributed by atoms with Crippen LogP contribution in [0.2, 0.25) is 0 Å². The second kappa shape index (κ2) is 6.33. The maximum atomic E-state index is 12.1. The number of hydrogen-bond acceptors (Lipinski definition) is 5. The van der Waals surface area contributed by atoms with E-state index in [1.54, 1.807) is 17.4 Å². The number of nitrogens with one attached hydrogen (secondary N) is 2. The van der Waals surface area contributed by atoms with Crippen molar-refractivity contribution in [1.29, 1.82) is 0 Å². The van der Waals surface area contributed by atoms with Crippen LogP contribution in [0.15, 0.2) is 34.4 Å². The molecule has 2 heterocycles. The van der Waals surface area contributed by atoms with Crippen molar-refractivity contribution in [1.82, 2.24) is 15.6 Å². The molecule has 1 amide bonds. The first-order valence-corrected chi connectivity index (χ1v) is 8.96. The van der Waals surface area contributed by atoms with Crippen LogP contribution in [-0.2, 0) is 4.79 Å². The van der Waals surface area contributed by atoms with Crippen LogP contribution in [0, 0.1) is 0 Å². The highest BCUT2D eigenvalue weighted by Crippen LogP contribution is 2.22. The second-order valence-electron chi connectivity index (χ2n) is 6.11. The van der Waals surface area contributed by atoms with Gasteiger partial charge in [0.05, 0.1) is 27.9 Å². The Hall–Kier alpha value is -2.25. The summed E-state index contributed by atoms with van der Waals surface area (Å²) < 4.78 is 1.09. The molecule has 0 spiro atoms. The number of nitrogens with zero attached hydrogens (tertiary/aromatic N) is 2. The van der Waals surface area contributed by atoms with Crippen molar-refractivity contribution in [2.75, 3.05) is 0 Å². The normalized spacial score (nSPS) is 27.6. The topological polar surface area (TPSA) is 86.6 Å². The van der Waals surface area contributed by atoms with Crippen molar-refractivity contribution in [3.63, 3.8) is 0 Å². The molecule has 0 unspecified atom stereocenters. The van der Waals surface area contributed by atoms with Crippen LogP contribution in [0.1, 0.15) is 31.2 Å². The molecular weight excluding hydrogens is 324 g/mol. The van der Waals surface area contributed by atoms with Crippen molar-refractivity contribution in [2.24, 2.45) is 4.99 Å². The van der Waals surface area contributed by atoms with E-state index in [-0.39, 0.29) is 11.9 Å². The first-order valence-electron chi connectivity index (χ1n) is 8.08. The predicted molar refractivity (Wildman–Crippen MR) is 94.6 cm³/mol. The Morgan fingerprint density at radius 2 is 2.17 bits per heavy atom. The minimum atomic E-state index is -0.424. The van der Waals surface area contributed by atoms with E-state index in [4.69, 9.17) is 0 Å². The molecule has 124 valence electrons. The van der Waals surface area contributed by atoms with Crippen LogP contribution in [-0.4, -0.2) is 34.1 Å². The molecule has 4 rings (SSSR count). The lowest BCUT2D eigenvalue weighted by molar-refractivity contribution is -0.115. The standard InChI is InChI=1S/C17H18N4O2S/c22-14-4-2-1-3-11(14)19-17-20-13(16(23)21-17)7-10-5-6-12-15(8-10)24-9-18-12/h5-9,11,14,22H,1-4H2,(H2,19,20,21,23)/b13-7-/t11-,14+/m0/s1. The van der Waals surface area contributed by atoms with Crippen molar-refractivity contribution >= 4 is 39.5 Å². The van der Waals surface area contributed by atoms with Gasteiger partial charge in [0.25, 0.3) is 5.91 Å². The number of carbonyl (C=O) groups excluding carboxylic acids is 1. The van der Waals surface area contributed by atoms with Gasteiger partial charge in [-0.1, -0.05) is 18.9 Å². The molecule has 1 aliphatic carbocycles. The lowest BCUT2D eigenvalue weighted by Gasteiger charge is -2.24. The number of carbonyl (C=O) groups is 1. The minimum Gasteiger partial charge on any atom is -0.391 e. The lowest BCUT2D eigenvalue weighted by Crippen LogP contribution is -2.33. The maximum Gasteiger partial charge on any atom is 0.274 e. The summed E-state index contributed by atoms with van der Waals surface area (Å²) in [6, 6.07) is 5.74. The summed E-state index contributed by atoms with van der Waals surface area (Å²) in [5.74, 6) is 0.222. The fraction of sp³-hybridized carbons (Fsp3) is 0.353. The molecule has 1 aliphatic heterocycles. The number of guanidine groups is 1. The molecule has 7 heteroatoms. The predicted octanol–water partition coefficient (Wildman–Crippen LogP) is 2.02. The van der Waals surface area contributed by atoms with E-state index in [0.717, 1.165) is 41.5 Å². The molecule has 1 aromatic carbocycles. The van der Waals surface area contributed by atoms with Crippen molar-refractivity contribution < 1.29 is 9.90 Å². The summed E-state index contributed by atoms with van der Waals surface area (Å²) in [7, 11) is 0. The van der Waals surface area contributed by atoms with Gasteiger partial charge in [0.2, 0.25) is 5.96 Å². The molecule has 3 N–H and O–H groups in total.